The minimum absolute atomic E-state index is 0.827. The Morgan fingerprint density at radius 2 is 2.50 bits per heavy atom. The van der Waals surface area contributed by atoms with Crippen LogP contribution in [-0.2, 0) is 0 Å². The largest absolute Gasteiger partial charge is 0.370 e. The van der Waals surface area contributed by atoms with Gasteiger partial charge in [-0.25, -0.2) is 4.98 Å². The lowest BCUT2D eigenvalue weighted by molar-refractivity contribution is 0.805. The molecule has 0 radical (unpaired) electrons. The van der Waals surface area contributed by atoms with Crippen molar-refractivity contribution in [2.45, 2.75) is 19.3 Å². The molecule has 3 rings (SSSR count). The van der Waals surface area contributed by atoms with Crippen LogP contribution in [0.15, 0.2) is 12.3 Å². The Kier molecular flexibility index (Phi) is 1.08. The van der Waals surface area contributed by atoms with Crippen molar-refractivity contribution in [2.24, 2.45) is 5.92 Å². The molecule has 0 aromatic carbocycles. The first-order valence-electron chi connectivity index (χ1n) is 4.55. The van der Waals surface area contributed by atoms with Crippen LogP contribution in [0.25, 0.3) is 0 Å². The predicted molar refractivity (Wildman–Crippen MR) is 48.3 cm³/mol. The third kappa shape index (κ3) is 0.779. The van der Waals surface area contributed by atoms with Crippen molar-refractivity contribution in [2.75, 3.05) is 11.9 Å². The fraction of sp³-hybridized carbons (Fsp3) is 0.500. The van der Waals surface area contributed by atoms with Crippen molar-refractivity contribution in [3.05, 3.63) is 23.4 Å². The number of anilines is 1. The van der Waals surface area contributed by atoms with Crippen LogP contribution in [0.5, 0.6) is 0 Å². The quantitative estimate of drug-likeness (QED) is 0.627. The van der Waals surface area contributed by atoms with Crippen LogP contribution >= 0.6 is 0 Å². The fourth-order valence-electron chi connectivity index (χ4n) is 2.10. The highest BCUT2D eigenvalue weighted by Crippen LogP contribution is 2.52. The van der Waals surface area contributed by atoms with Gasteiger partial charge in [-0.2, -0.15) is 0 Å². The monoisotopic (exact) mass is 160 g/mol. The number of pyridine rings is 1. The molecule has 1 N–H and O–H groups in total. The molecular formula is C10H12N2. The first-order chi connectivity index (χ1) is 5.84. The molecule has 1 aliphatic heterocycles. The van der Waals surface area contributed by atoms with Crippen LogP contribution in [0.3, 0.4) is 0 Å². The maximum absolute atomic E-state index is 4.38. The molecule has 2 nitrogen and oxygen atoms in total. The fourth-order valence-corrected chi connectivity index (χ4v) is 2.10. The van der Waals surface area contributed by atoms with Gasteiger partial charge in [0, 0.05) is 12.7 Å². The Morgan fingerprint density at radius 1 is 1.58 bits per heavy atom. The first kappa shape index (κ1) is 6.46. The zero-order valence-electron chi connectivity index (χ0n) is 7.17. The maximum Gasteiger partial charge on any atom is 0.129 e. The maximum atomic E-state index is 4.38. The zero-order valence-corrected chi connectivity index (χ0v) is 7.17. The number of fused-ring (bicyclic) bond motifs is 3. The number of nitrogens with zero attached hydrogens (tertiary/aromatic N) is 1. The molecule has 0 saturated heterocycles. The molecule has 1 aromatic heterocycles. The minimum atomic E-state index is 0.827. The standard InChI is InChI=1S/C10H12N2/c1-6-2-9-8-3-7(8)5-12-10(9)11-4-6/h2,4,7-8H,3,5H2,1H3,(H,11,12). The van der Waals surface area contributed by atoms with Gasteiger partial charge >= 0.3 is 0 Å². The number of aryl methyl sites for hydroxylation is 1. The van der Waals surface area contributed by atoms with Gasteiger partial charge in [-0.05, 0) is 36.3 Å². The van der Waals surface area contributed by atoms with E-state index in [1.54, 1.807) is 0 Å². The molecule has 1 aliphatic carbocycles. The molecule has 62 valence electrons. The van der Waals surface area contributed by atoms with E-state index in [-0.39, 0.29) is 0 Å². The van der Waals surface area contributed by atoms with E-state index in [9.17, 15) is 0 Å². The van der Waals surface area contributed by atoms with Crippen LogP contribution in [-0.4, -0.2) is 11.5 Å². The van der Waals surface area contributed by atoms with E-state index in [4.69, 9.17) is 0 Å². The summed E-state index contributed by atoms with van der Waals surface area (Å²) in [7, 11) is 0. The normalized spacial score (nSPS) is 30.1. The highest BCUT2D eigenvalue weighted by atomic mass is 15.0. The lowest BCUT2D eigenvalue weighted by Crippen LogP contribution is -2.13. The molecule has 1 fully saturated rings. The summed E-state index contributed by atoms with van der Waals surface area (Å²) >= 11 is 0. The molecule has 2 aliphatic rings. The molecule has 2 heterocycles. The highest BCUT2D eigenvalue weighted by molar-refractivity contribution is 5.53. The summed E-state index contributed by atoms with van der Waals surface area (Å²) < 4.78 is 0. The van der Waals surface area contributed by atoms with E-state index >= 15 is 0 Å². The number of nitrogens with one attached hydrogen (secondary N) is 1. The molecular weight excluding hydrogens is 148 g/mol. The third-order valence-corrected chi connectivity index (χ3v) is 2.91. The van der Waals surface area contributed by atoms with Gasteiger partial charge in [0.2, 0.25) is 0 Å². The van der Waals surface area contributed by atoms with E-state index in [2.05, 4.69) is 23.3 Å². The number of rotatable bonds is 0. The summed E-state index contributed by atoms with van der Waals surface area (Å²) in [5.41, 5.74) is 2.73. The van der Waals surface area contributed by atoms with Gasteiger partial charge in [0.15, 0.2) is 0 Å². The second-order valence-corrected chi connectivity index (χ2v) is 3.93. The number of hydrogen-bond donors (Lipinski definition) is 1. The van der Waals surface area contributed by atoms with Crippen molar-refractivity contribution in [1.29, 1.82) is 0 Å². The Morgan fingerprint density at radius 3 is 3.42 bits per heavy atom. The summed E-state index contributed by atoms with van der Waals surface area (Å²) in [6.07, 6.45) is 3.31. The SMILES string of the molecule is Cc1cnc2c(c1)C1CC1CN2. The molecule has 2 atom stereocenters. The summed E-state index contributed by atoms with van der Waals surface area (Å²) in [5.74, 6) is 2.86. The molecule has 1 aromatic rings. The zero-order chi connectivity index (χ0) is 8.13. The lowest BCUT2D eigenvalue weighted by atomic mass is 10.1. The van der Waals surface area contributed by atoms with Crippen LogP contribution in [0, 0.1) is 12.8 Å². The van der Waals surface area contributed by atoms with Crippen molar-refractivity contribution in [3.8, 4) is 0 Å². The third-order valence-electron chi connectivity index (χ3n) is 2.91. The summed E-state index contributed by atoms with van der Waals surface area (Å²) in [6, 6.07) is 2.28. The number of aromatic nitrogens is 1. The average molecular weight is 160 g/mol. The Bertz CT molecular complexity index is 333. The minimum Gasteiger partial charge on any atom is -0.370 e. The summed E-state index contributed by atoms with van der Waals surface area (Å²) in [6.45, 7) is 3.24. The molecule has 1 saturated carbocycles. The second kappa shape index (κ2) is 2.00. The lowest BCUT2D eigenvalue weighted by Gasteiger charge is -2.15. The van der Waals surface area contributed by atoms with Gasteiger partial charge in [0.05, 0.1) is 0 Å². The van der Waals surface area contributed by atoms with Crippen LogP contribution < -0.4 is 5.32 Å². The van der Waals surface area contributed by atoms with E-state index in [1.807, 2.05) is 6.20 Å². The molecule has 0 spiro atoms. The molecule has 0 bridgehead atoms. The smallest absolute Gasteiger partial charge is 0.129 e. The Labute approximate surface area is 72.0 Å². The van der Waals surface area contributed by atoms with Crippen LogP contribution in [0.2, 0.25) is 0 Å². The van der Waals surface area contributed by atoms with Crippen molar-refractivity contribution in [1.82, 2.24) is 4.98 Å². The Balaban J connectivity index is 2.14. The van der Waals surface area contributed by atoms with Gasteiger partial charge in [-0.15, -0.1) is 0 Å². The van der Waals surface area contributed by atoms with E-state index < -0.39 is 0 Å². The van der Waals surface area contributed by atoms with Crippen LogP contribution in [0.4, 0.5) is 5.82 Å². The Hall–Kier alpha value is -1.05. The second-order valence-electron chi connectivity index (χ2n) is 3.93. The van der Waals surface area contributed by atoms with Gasteiger partial charge < -0.3 is 5.32 Å². The summed E-state index contributed by atoms with van der Waals surface area (Å²) in [5, 5.41) is 3.37. The average Bonchev–Trinajstić information content (AvgIpc) is 2.82. The van der Waals surface area contributed by atoms with E-state index in [0.29, 0.717) is 0 Å². The van der Waals surface area contributed by atoms with E-state index in [0.717, 1.165) is 24.2 Å². The topological polar surface area (TPSA) is 24.9 Å². The van der Waals surface area contributed by atoms with Gasteiger partial charge in [0.25, 0.3) is 0 Å². The van der Waals surface area contributed by atoms with Gasteiger partial charge in [-0.1, -0.05) is 6.07 Å². The van der Waals surface area contributed by atoms with E-state index in [1.165, 1.54) is 17.5 Å². The molecule has 0 amide bonds. The van der Waals surface area contributed by atoms with Crippen molar-refractivity contribution >= 4 is 5.82 Å². The summed E-state index contributed by atoms with van der Waals surface area (Å²) in [4.78, 5) is 4.38. The predicted octanol–water partition coefficient (Wildman–Crippen LogP) is 1.92. The number of hydrogen-bond acceptors (Lipinski definition) is 2. The first-order valence-corrected chi connectivity index (χ1v) is 4.55. The highest BCUT2D eigenvalue weighted by Gasteiger charge is 2.42. The van der Waals surface area contributed by atoms with Crippen LogP contribution in [0.1, 0.15) is 23.5 Å². The molecule has 2 unspecified atom stereocenters. The molecule has 2 heteroatoms. The van der Waals surface area contributed by atoms with Gasteiger partial charge in [-0.3, -0.25) is 0 Å². The van der Waals surface area contributed by atoms with Crippen molar-refractivity contribution < 1.29 is 0 Å². The van der Waals surface area contributed by atoms with Gasteiger partial charge in [0.1, 0.15) is 5.82 Å². The molecule has 12 heavy (non-hydrogen) atoms. The van der Waals surface area contributed by atoms with Crippen molar-refractivity contribution in [3.63, 3.8) is 0 Å².